The minimum Gasteiger partial charge on any atom is -0.388 e. The zero-order valence-electron chi connectivity index (χ0n) is 13.3. The number of nitrogens with one attached hydrogen (secondary N) is 1. The van der Waals surface area contributed by atoms with Crippen LogP contribution in [0.2, 0.25) is 0 Å². The molecule has 0 aliphatic heterocycles. The van der Waals surface area contributed by atoms with Crippen LogP contribution in [0.5, 0.6) is 0 Å². The highest BCUT2D eigenvalue weighted by atomic mass is 16.5. The van der Waals surface area contributed by atoms with E-state index >= 15 is 0 Å². The first-order valence-electron chi connectivity index (χ1n) is 7.88. The van der Waals surface area contributed by atoms with Crippen LogP contribution in [-0.4, -0.2) is 16.2 Å². The number of carbonyl (C=O) groups is 1. The lowest BCUT2D eigenvalue weighted by Crippen LogP contribution is -2.17. The lowest BCUT2D eigenvalue weighted by Gasteiger charge is -2.12. The molecule has 0 aliphatic rings. The molecule has 0 bridgehead atoms. The van der Waals surface area contributed by atoms with Crippen LogP contribution in [0.15, 0.2) is 48.5 Å². The third-order valence-corrected chi connectivity index (χ3v) is 3.90. The van der Waals surface area contributed by atoms with Crippen molar-refractivity contribution in [1.82, 2.24) is 5.48 Å². The lowest BCUT2D eigenvalue weighted by atomic mass is 9.98. The quantitative estimate of drug-likeness (QED) is 0.414. The number of unbranched alkanes of at least 4 members (excludes halogenated alkanes) is 1. The predicted molar refractivity (Wildman–Crippen MR) is 90.0 cm³/mol. The van der Waals surface area contributed by atoms with Gasteiger partial charge in [0.05, 0.1) is 6.10 Å². The Kier molecular flexibility index (Phi) is 6.32. The Bertz CT molecular complexity index is 637. The molecule has 4 nitrogen and oxygen atoms in total. The van der Waals surface area contributed by atoms with Crippen LogP contribution in [0.1, 0.15) is 42.9 Å². The lowest BCUT2D eigenvalue weighted by molar-refractivity contribution is -0.129. The fourth-order valence-corrected chi connectivity index (χ4v) is 2.57. The summed E-state index contributed by atoms with van der Waals surface area (Å²) in [5, 5.41) is 18.6. The summed E-state index contributed by atoms with van der Waals surface area (Å²) in [4.78, 5) is 10.9. The summed E-state index contributed by atoms with van der Waals surface area (Å²) in [6, 6.07) is 16.3. The van der Waals surface area contributed by atoms with Gasteiger partial charge in [-0.15, -0.1) is 0 Å². The van der Waals surface area contributed by atoms with Gasteiger partial charge in [0.2, 0.25) is 5.91 Å². The Hall–Kier alpha value is -2.17. The van der Waals surface area contributed by atoms with Gasteiger partial charge in [-0.2, -0.15) is 0 Å². The molecule has 23 heavy (non-hydrogen) atoms. The third kappa shape index (κ3) is 5.20. The van der Waals surface area contributed by atoms with E-state index < -0.39 is 6.10 Å². The van der Waals surface area contributed by atoms with E-state index in [4.69, 9.17) is 5.21 Å². The smallest absolute Gasteiger partial charge is 0.243 e. The van der Waals surface area contributed by atoms with Gasteiger partial charge < -0.3 is 5.11 Å². The van der Waals surface area contributed by atoms with E-state index in [2.05, 4.69) is 25.1 Å². The molecule has 0 radical (unpaired) electrons. The minimum atomic E-state index is -0.529. The van der Waals surface area contributed by atoms with Crippen LogP contribution in [0.3, 0.4) is 0 Å². The van der Waals surface area contributed by atoms with Gasteiger partial charge >= 0.3 is 0 Å². The van der Waals surface area contributed by atoms with E-state index in [9.17, 15) is 9.90 Å². The minimum absolute atomic E-state index is 0.273. The van der Waals surface area contributed by atoms with Crippen LogP contribution in [0.25, 0.3) is 11.1 Å². The Morgan fingerprint density at radius 2 is 1.83 bits per heavy atom. The highest BCUT2D eigenvalue weighted by Crippen LogP contribution is 2.25. The van der Waals surface area contributed by atoms with Crippen LogP contribution in [0, 0.1) is 6.92 Å². The maximum Gasteiger partial charge on any atom is 0.243 e. The number of hydrogen-bond donors (Lipinski definition) is 3. The van der Waals surface area contributed by atoms with Crippen molar-refractivity contribution in [2.24, 2.45) is 0 Å². The van der Waals surface area contributed by atoms with E-state index in [1.165, 1.54) is 11.1 Å². The van der Waals surface area contributed by atoms with Crippen molar-refractivity contribution in [3.05, 3.63) is 59.7 Å². The van der Waals surface area contributed by atoms with Gasteiger partial charge in [0.25, 0.3) is 0 Å². The zero-order chi connectivity index (χ0) is 16.7. The second kappa shape index (κ2) is 8.46. The first kappa shape index (κ1) is 17.2. The largest absolute Gasteiger partial charge is 0.388 e. The van der Waals surface area contributed by atoms with Gasteiger partial charge in [0.15, 0.2) is 0 Å². The van der Waals surface area contributed by atoms with Crippen molar-refractivity contribution in [2.45, 2.75) is 38.7 Å². The number of aliphatic hydroxyl groups excluding tert-OH is 1. The molecule has 2 rings (SSSR count). The van der Waals surface area contributed by atoms with Gasteiger partial charge in [-0.25, -0.2) is 5.48 Å². The van der Waals surface area contributed by atoms with E-state index in [1.807, 2.05) is 30.3 Å². The number of carbonyl (C=O) groups excluding carboxylic acids is 1. The monoisotopic (exact) mass is 313 g/mol. The zero-order valence-corrected chi connectivity index (χ0v) is 13.3. The Balaban J connectivity index is 1.90. The molecule has 0 fully saturated rings. The summed E-state index contributed by atoms with van der Waals surface area (Å²) in [7, 11) is 0. The van der Waals surface area contributed by atoms with Crippen molar-refractivity contribution in [3.63, 3.8) is 0 Å². The number of rotatable bonds is 7. The van der Waals surface area contributed by atoms with Crippen LogP contribution in [-0.2, 0) is 4.79 Å². The molecule has 4 heteroatoms. The average Bonchev–Trinajstić information content (AvgIpc) is 2.58. The van der Waals surface area contributed by atoms with Crippen molar-refractivity contribution in [2.75, 3.05) is 0 Å². The van der Waals surface area contributed by atoms with Crippen molar-refractivity contribution in [1.29, 1.82) is 0 Å². The van der Waals surface area contributed by atoms with E-state index in [0.29, 0.717) is 12.8 Å². The molecule has 0 saturated heterocycles. The fraction of sp³-hybridized carbons (Fsp3) is 0.316. The standard InChI is InChI=1S/C19H23NO3/c1-14-5-4-6-17(13-14)15-9-11-16(12-10-15)18(21)7-2-3-8-19(22)20-23/h4-6,9-13,18,21,23H,2-3,7-8H2,1H3,(H,20,22). The predicted octanol–water partition coefficient (Wildman–Crippen LogP) is 3.76. The third-order valence-electron chi connectivity index (χ3n) is 3.90. The van der Waals surface area contributed by atoms with Gasteiger partial charge in [0.1, 0.15) is 0 Å². The van der Waals surface area contributed by atoms with Crippen molar-refractivity contribution >= 4 is 5.91 Å². The molecule has 1 unspecified atom stereocenters. The molecular formula is C19H23NO3. The molecule has 0 heterocycles. The number of aryl methyl sites for hydroxylation is 1. The summed E-state index contributed by atoms with van der Waals surface area (Å²) in [6.45, 7) is 2.07. The molecule has 0 aliphatic carbocycles. The maximum absolute atomic E-state index is 10.9. The average molecular weight is 313 g/mol. The molecular weight excluding hydrogens is 290 g/mol. The molecule has 0 spiro atoms. The second-order valence-electron chi connectivity index (χ2n) is 5.79. The Labute approximate surface area is 136 Å². The molecule has 0 saturated carbocycles. The second-order valence-corrected chi connectivity index (χ2v) is 5.79. The number of benzene rings is 2. The normalized spacial score (nSPS) is 12.0. The summed E-state index contributed by atoms with van der Waals surface area (Å²) < 4.78 is 0. The molecule has 1 atom stereocenters. The van der Waals surface area contributed by atoms with Crippen molar-refractivity contribution in [3.8, 4) is 11.1 Å². The van der Waals surface area contributed by atoms with Gasteiger partial charge in [-0.1, -0.05) is 60.5 Å². The molecule has 3 N–H and O–H groups in total. The highest BCUT2D eigenvalue weighted by Gasteiger charge is 2.08. The van der Waals surface area contributed by atoms with Crippen LogP contribution >= 0.6 is 0 Å². The first-order valence-corrected chi connectivity index (χ1v) is 7.88. The van der Waals surface area contributed by atoms with Gasteiger partial charge in [-0.3, -0.25) is 10.0 Å². The SMILES string of the molecule is Cc1cccc(-c2ccc(C(O)CCCCC(=O)NO)cc2)c1. The molecule has 2 aromatic rings. The highest BCUT2D eigenvalue weighted by molar-refractivity contribution is 5.74. The first-order chi connectivity index (χ1) is 11.1. The Morgan fingerprint density at radius 1 is 1.09 bits per heavy atom. The molecule has 1 amide bonds. The van der Waals surface area contributed by atoms with Crippen LogP contribution < -0.4 is 5.48 Å². The molecule has 122 valence electrons. The number of hydrogen-bond acceptors (Lipinski definition) is 3. The van der Waals surface area contributed by atoms with Gasteiger partial charge in [-0.05, 0) is 36.5 Å². The van der Waals surface area contributed by atoms with Crippen molar-refractivity contribution < 1.29 is 15.1 Å². The number of aliphatic hydroxyl groups is 1. The van der Waals surface area contributed by atoms with Gasteiger partial charge in [0, 0.05) is 6.42 Å². The number of amides is 1. The van der Waals surface area contributed by atoms with E-state index in [-0.39, 0.29) is 12.3 Å². The number of hydroxylamine groups is 1. The van der Waals surface area contributed by atoms with E-state index in [1.54, 1.807) is 5.48 Å². The summed E-state index contributed by atoms with van der Waals surface area (Å²) in [5.41, 5.74) is 6.01. The topological polar surface area (TPSA) is 69.6 Å². The summed E-state index contributed by atoms with van der Waals surface area (Å²) in [5.74, 6) is -0.387. The summed E-state index contributed by atoms with van der Waals surface area (Å²) in [6.07, 6.45) is 1.72. The molecule has 2 aromatic carbocycles. The maximum atomic E-state index is 10.9. The van der Waals surface area contributed by atoms with E-state index in [0.717, 1.165) is 17.5 Å². The Morgan fingerprint density at radius 3 is 2.48 bits per heavy atom. The van der Waals surface area contributed by atoms with Crippen LogP contribution in [0.4, 0.5) is 0 Å². The molecule has 0 aromatic heterocycles. The fourth-order valence-electron chi connectivity index (χ4n) is 2.57. The summed E-state index contributed by atoms with van der Waals surface area (Å²) >= 11 is 0.